The Morgan fingerprint density at radius 1 is 1.33 bits per heavy atom. The van der Waals surface area contributed by atoms with E-state index in [1.54, 1.807) is 12.1 Å². The van der Waals surface area contributed by atoms with Crippen LogP contribution in [0.2, 0.25) is 0 Å². The molecule has 94 valence electrons. The third-order valence-electron chi connectivity index (χ3n) is 3.06. The van der Waals surface area contributed by atoms with Gasteiger partial charge >= 0.3 is 0 Å². The molecule has 1 fully saturated rings. The van der Waals surface area contributed by atoms with E-state index in [0.717, 1.165) is 18.4 Å². The number of nitrogens with one attached hydrogen (secondary N) is 1. The van der Waals surface area contributed by atoms with Gasteiger partial charge in [-0.2, -0.15) is 0 Å². The van der Waals surface area contributed by atoms with Crippen molar-refractivity contribution in [3.63, 3.8) is 0 Å². The van der Waals surface area contributed by atoms with Crippen molar-refractivity contribution in [1.82, 2.24) is 5.32 Å². The number of carbonyl (C=O) groups excluding carboxylic acids is 1. The lowest BCUT2D eigenvalue weighted by Gasteiger charge is -2.07. The molecule has 0 radical (unpaired) electrons. The minimum absolute atomic E-state index is 0.113. The van der Waals surface area contributed by atoms with Crippen LogP contribution in [-0.4, -0.2) is 23.8 Å². The maximum absolute atomic E-state index is 12.8. The van der Waals surface area contributed by atoms with Gasteiger partial charge in [-0.05, 0) is 30.5 Å². The van der Waals surface area contributed by atoms with Gasteiger partial charge in [-0.3, -0.25) is 4.79 Å². The van der Waals surface area contributed by atoms with Crippen LogP contribution in [0.1, 0.15) is 24.8 Å². The third kappa shape index (κ3) is 2.34. The number of hydrogen-bond acceptors (Lipinski definition) is 3. The van der Waals surface area contributed by atoms with Gasteiger partial charge < -0.3 is 10.2 Å². The first-order chi connectivity index (χ1) is 8.72. The van der Waals surface area contributed by atoms with Gasteiger partial charge in [0.2, 0.25) is 6.10 Å². The van der Waals surface area contributed by atoms with Gasteiger partial charge in [0.05, 0.1) is 5.71 Å². The van der Waals surface area contributed by atoms with Crippen LogP contribution < -0.4 is 5.32 Å². The fraction of sp³-hybridized carbons (Fsp3) is 0.385. The van der Waals surface area contributed by atoms with Gasteiger partial charge in [-0.25, -0.2) is 4.39 Å². The van der Waals surface area contributed by atoms with Crippen molar-refractivity contribution >= 4 is 11.6 Å². The number of oxime groups is 1. The highest BCUT2D eigenvalue weighted by Crippen LogP contribution is 2.21. The largest absolute Gasteiger partial charge is 0.382 e. The first kappa shape index (κ1) is 11.2. The fourth-order valence-corrected chi connectivity index (χ4v) is 1.85. The molecule has 1 atom stereocenters. The van der Waals surface area contributed by atoms with Crippen LogP contribution in [0.3, 0.4) is 0 Å². The van der Waals surface area contributed by atoms with E-state index in [2.05, 4.69) is 10.5 Å². The van der Waals surface area contributed by atoms with Crippen molar-refractivity contribution in [3.05, 3.63) is 35.6 Å². The van der Waals surface area contributed by atoms with Crippen LogP contribution in [0.5, 0.6) is 0 Å². The molecule has 1 N–H and O–H groups in total. The van der Waals surface area contributed by atoms with Gasteiger partial charge in [0, 0.05) is 12.5 Å². The molecule has 1 aromatic rings. The van der Waals surface area contributed by atoms with Crippen LogP contribution >= 0.6 is 0 Å². The Balaban J connectivity index is 1.63. The van der Waals surface area contributed by atoms with Crippen LogP contribution in [-0.2, 0) is 9.63 Å². The Morgan fingerprint density at radius 3 is 2.72 bits per heavy atom. The number of amides is 1. The van der Waals surface area contributed by atoms with E-state index in [9.17, 15) is 9.18 Å². The molecule has 5 heteroatoms. The SMILES string of the molecule is O=C(NC1CC1)C1CC(c2ccc(F)cc2)=NO1. The molecule has 3 rings (SSSR count). The topological polar surface area (TPSA) is 50.7 Å². The number of benzene rings is 1. The standard InChI is InChI=1S/C13H13FN2O2/c14-9-3-1-8(2-4-9)11-7-12(18-16-11)13(17)15-10-5-6-10/h1-4,10,12H,5-7H2,(H,15,17). The molecule has 0 spiro atoms. The van der Waals surface area contributed by atoms with E-state index in [-0.39, 0.29) is 11.7 Å². The molecule has 0 bridgehead atoms. The van der Waals surface area contributed by atoms with Crippen molar-refractivity contribution in [2.75, 3.05) is 0 Å². The number of halogens is 1. The zero-order chi connectivity index (χ0) is 12.5. The highest BCUT2D eigenvalue weighted by Gasteiger charge is 2.32. The molecule has 0 saturated heterocycles. The second-order valence-electron chi connectivity index (χ2n) is 4.63. The zero-order valence-electron chi connectivity index (χ0n) is 9.73. The number of carbonyl (C=O) groups is 1. The number of hydrogen-bond donors (Lipinski definition) is 1. The summed E-state index contributed by atoms with van der Waals surface area (Å²) in [5.74, 6) is -0.403. The quantitative estimate of drug-likeness (QED) is 0.883. The van der Waals surface area contributed by atoms with E-state index < -0.39 is 6.10 Å². The molecule has 1 saturated carbocycles. The minimum atomic E-state index is -0.550. The van der Waals surface area contributed by atoms with E-state index in [1.165, 1.54) is 12.1 Å². The summed E-state index contributed by atoms with van der Waals surface area (Å²) in [6, 6.07) is 6.33. The Morgan fingerprint density at radius 2 is 2.06 bits per heavy atom. The van der Waals surface area contributed by atoms with Crippen LogP contribution in [0, 0.1) is 5.82 Å². The van der Waals surface area contributed by atoms with Crippen molar-refractivity contribution < 1.29 is 14.0 Å². The molecule has 1 unspecified atom stereocenters. The van der Waals surface area contributed by atoms with E-state index in [1.807, 2.05) is 0 Å². The highest BCUT2D eigenvalue weighted by molar-refractivity contribution is 6.04. The smallest absolute Gasteiger partial charge is 0.264 e. The van der Waals surface area contributed by atoms with Crippen molar-refractivity contribution in [2.24, 2.45) is 5.16 Å². The predicted molar refractivity (Wildman–Crippen MR) is 63.6 cm³/mol. The lowest BCUT2D eigenvalue weighted by Crippen LogP contribution is -2.36. The molecule has 1 aromatic carbocycles. The van der Waals surface area contributed by atoms with Gasteiger partial charge in [-0.15, -0.1) is 0 Å². The predicted octanol–water partition coefficient (Wildman–Crippen LogP) is 1.60. The lowest BCUT2D eigenvalue weighted by molar-refractivity contribution is -0.131. The van der Waals surface area contributed by atoms with Crippen LogP contribution in [0.4, 0.5) is 4.39 Å². The average Bonchev–Trinajstić information content (AvgIpc) is 3.04. The van der Waals surface area contributed by atoms with E-state index in [4.69, 9.17) is 4.84 Å². The summed E-state index contributed by atoms with van der Waals surface area (Å²) in [4.78, 5) is 16.9. The minimum Gasteiger partial charge on any atom is -0.382 e. The van der Waals surface area contributed by atoms with Crippen LogP contribution in [0.15, 0.2) is 29.4 Å². The van der Waals surface area contributed by atoms with Crippen molar-refractivity contribution in [2.45, 2.75) is 31.4 Å². The van der Waals surface area contributed by atoms with Gasteiger partial charge in [0.25, 0.3) is 5.91 Å². The summed E-state index contributed by atoms with van der Waals surface area (Å²) >= 11 is 0. The van der Waals surface area contributed by atoms with Gasteiger partial charge in [0.15, 0.2) is 0 Å². The van der Waals surface area contributed by atoms with E-state index >= 15 is 0 Å². The van der Waals surface area contributed by atoms with Crippen LogP contribution in [0.25, 0.3) is 0 Å². The zero-order valence-corrected chi connectivity index (χ0v) is 9.73. The maximum atomic E-state index is 12.8. The normalized spacial score (nSPS) is 22.3. The molecule has 1 aliphatic carbocycles. The lowest BCUT2D eigenvalue weighted by atomic mass is 10.0. The number of rotatable bonds is 3. The van der Waals surface area contributed by atoms with Gasteiger partial charge in [-0.1, -0.05) is 17.3 Å². The van der Waals surface area contributed by atoms with Gasteiger partial charge in [0.1, 0.15) is 5.82 Å². The molecule has 1 aliphatic heterocycles. The Bertz CT molecular complexity index is 494. The second-order valence-corrected chi connectivity index (χ2v) is 4.63. The summed E-state index contributed by atoms with van der Waals surface area (Å²) in [5.41, 5.74) is 1.48. The Hall–Kier alpha value is -1.91. The molecular weight excluding hydrogens is 235 g/mol. The summed E-state index contributed by atoms with van der Waals surface area (Å²) in [5, 5.41) is 6.78. The summed E-state index contributed by atoms with van der Waals surface area (Å²) in [7, 11) is 0. The average molecular weight is 248 g/mol. The molecule has 0 aromatic heterocycles. The van der Waals surface area contributed by atoms with E-state index in [0.29, 0.717) is 18.2 Å². The summed E-state index contributed by atoms with van der Waals surface area (Å²) in [6.45, 7) is 0. The fourth-order valence-electron chi connectivity index (χ4n) is 1.85. The second kappa shape index (κ2) is 4.40. The monoisotopic (exact) mass is 248 g/mol. The summed E-state index contributed by atoms with van der Waals surface area (Å²) < 4.78 is 12.8. The first-order valence-corrected chi connectivity index (χ1v) is 6.01. The molecule has 1 amide bonds. The summed E-state index contributed by atoms with van der Waals surface area (Å²) in [6.07, 6.45) is 1.98. The molecule has 4 nitrogen and oxygen atoms in total. The third-order valence-corrected chi connectivity index (χ3v) is 3.06. The molecular formula is C13H13FN2O2. The molecule has 2 aliphatic rings. The highest BCUT2D eigenvalue weighted by atomic mass is 19.1. The number of nitrogens with zero attached hydrogens (tertiary/aromatic N) is 1. The first-order valence-electron chi connectivity index (χ1n) is 6.01. The Kier molecular flexibility index (Phi) is 2.74. The maximum Gasteiger partial charge on any atom is 0.264 e. The van der Waals surface area contributed by atoms with Crippen molar-refractivity contribution in [1.29, 1.82) is 0 Å². The Labute approximate surface area is 104 Å². The molecule has 1 heterocycles. The molecule has 18 heavy (non-hydrogen) atoms. The van der Waals surface area contributed by atoms with Crippen molar-refractivity contribution in [3.8, 4) is 0 Å².